The Labute approximate surface area is 125 Å². The van der Waals surface area contributed by atoms with Gasteiger partial charge in [-0.25, -0.2) is 4.98 Å². The highest BCUT2D eigenvalue weighted by atomic mass is 32.2. The third-order valence-corrected chi connectivity index (χ3v) is 3.74. The van der Waals surface area contributed by atoms with E-state index in [1.165, 1.54) is 18.2 Å². The summed E-state index contributed by atoms with van der Waals surface area (Å²) in [6, 6.07) is 4.34. The summed E-state index contributed by atoms with van der Waals surface area (Å²) in [5, 5.41) is 13.8. The third-order valence-electron chi connectivity index (χ3n) is 2.91. The van der Waals surface area contributed by atoms with Crippen LogP contribution < -0.4 is 5.32 Å². The van der Waals surface area contributed by atoms with Crippen LogP contribution >= 0.6 is 11.8 Å². The van der Waals surface area contributed by atoms with Crippen molar-refractivity contribution in [2.24, 2.45) is 0 Å². The first kappa shape index (κ1) is 15.3. The molecule has 1 N–H and O–H groups in total. The van der Waals surface area contributed by atoms with Gasteiger partial charge in [0.2, 0.25) is 5.91 Å². The Morgan fingerprint density at radius 2 is 2.33 bits per heavy atom. The number of nitrogens with one attached hydrogen (secondary N) is 1. The molecule has 1 amide bonds. The van der Waals surface area contributed by atoms with Gasteiger partial charge in [-0.1, -0.05) is 18.7 Å². The number of carbonyl (C=O) groups is 1. The topological polar surface area (TPSA) is 98.3 Å². The number of nitrogens with zero attached hydrogens (tertiary/aromatic N) is 2. The fourth-order valence-electron chi connectivity index (χ4n) is 1.62. The Morgan fingerprint density at radius 3 is 3.00 bits per heavy atom. The Morgan fingerprint density at radius 1 is 1.57 bits per heavy atom. The lowest BCUT2D eigenvalue weighted by atomic mass is 10.3. The lowest BCUT2D eigenvalue weighted by Crippen LogP contribution is -2.33. The molecule has 0 aliphatic heterocycles. The monoisotopic (exact) mass is 309 g/mol. The molecule has 0 fully saturated rings. The molecule has 0 bridgehead atoms. The molecule has 0 radical (unpaired) electrons. The summed E-state index contributed by atoms with van der Waals surface area (Å²) in [7, 11) is 0. The van der Waals surface area contributed by atoms with Crippen LogP contribution in [-0.4, -0.2) is 27.6 Å². The number of nitro groups is 1. The van der Waals surface area contributed by atoms with E-state index in [1.54, 1.807) is 0 Å². The molecule has 0 aliphatic rings. The summed E-state index contributed by atoms with van der Waals surface area (Å²) >= 11 is 1.16. The van der Waals surface area contributed by atoms with E-state index in [0.717, 1.165) is 18.2 Å². The normalized spacial score (nSPS) is 12.3. The molecule has 1 heterocycles. The molecular formula is C13H15N3O4S. The molecule has 2 rings (SSSR count). The molecule has 0 aliphatic carbocycles. The van der Waals surface area contributed by atoms with Crippen molar-refractivity contribution >= 4 is 34.5 Å². The number of hydrogen-bond donors (Lipinski definition) is 1. The summed E-state index contributed by atoms with van der Waals surface area (Å²) in [6.45, 7) is 3.92. The molecule has 21 heavy (non-hydrogen) atoms. The first-order valence-corrected chi connectivity index (χ1v) is 7.45. The number of aromatic nitrogens is 1. The summed E-state index contributed by atoms with van der Waals surface area (Å²) < 4.78 is 5.43. The standard InChI is InChI=1S/C13H15N3O4S/c1-3-8(2)14-12(17)7-21-13-15-10-6-9(16(18)19)4-5-11(10)20-13/h4-6,8H,3,7H2,1-2H3,(H,14,17). The Balaban J connectivity index is 2.03. The minimum Gasteiger partial charge on any atom is -0.431 e. The summed E-state index contributed by atoms with van der Waals surface area (Å²) in [4.78, 5) is 26.0. The first-order chi connectivity index (χ1) is 9.99. The zero-order valence-corrected chi connectivity index (χ0v) is 12.5. The van der Waals surface area contributed by atoms with Crippen LogP contribution in [0.2, 0.25) is 0 Å². The number of nitro benzene ring substituents is 1. The largest absolute Gasteiger partial charge is 0.431 e. The molecule has 0 saturated heterocycles. The zero-order valence-electron chi connectivity index (χ0n) is 11.7. The van der Waals surface area contributed by atoms with Crippen LogP contribution in [0.15, 0.2) is 27.8 Å². The zero-order chi connectivity index (χ0) is 15.4. The van der Waals surface area contributed by atoms with Crippen molar-refractivity contribution in [3.05, 3.63) is 28.3 Å². The van der Waals surface area contributed by atoms with Crippen LogP contribution in [0.25, 0.3) is 11.1 Å². The minimum atomic E-state index is -0.486. The van der Waals surface area contributed by atoms with Crippen LogP contribution in [0.3, 0.4) is 0 Å². The van der Waals surface area contributed by atoms with Crippen LogP contribution in [0, 0.1) is 10.1 Å². The van der Waals surface area contributed by atoms with Gasteiger partial charge in [-0.05, 0) is 19.4 Å². The van der Waals surface area contributed by atoms with Gasteiger partial charge in [-0.3, -0.25) is 14.9 Å². The second-order valence-corrected chi connectivity index (χ2v) is 5.48. The highest BCUT2D eigenvalue weighted by Gasteiger charge is 2.13. The van der Waals surface area contributed by atoms with Gasteiger partial charge in [0, 0.05) is 18.2 Å². The Bertz CT molecular complexity index is 670. The third kappa shape index (κ3) is 3.94. The number of thioether (sulfide) groups is 1. The molecular weight excluding hydrogens is 294 g/mol. The SMILES string of the molecule is CCC(C)NC(=O)CSc1nc2cc([N+](=O)[O-])ccc2o1. The van der Waals surface area contributed by atoms with Gasteiger partial charge < -0.3 is 9.73 Å². The van der Waals surface area contributed by atoms with E-state index in [-0.39, 0.29) is 23.4 Å². The van der Waals surface area contributed by atoms with Crippen LogP contribution in [0.1, 0.15) is 20.3 Å². The van der Waals surface area contributed by atoms with Gasteiger partial charge in [0.25, 0.3) is 10.9 Å². The first-order valence-electron chi connectivity index (χ1n) is 6.46. The minimum absolute atomic E-state index is 0.0399. The maximum absolute atomic E-state index is 11.7. The Hall–Kier alpha value is -2.09. The number of hydrogen-bond acceptors (Lipinski definition) is 6. The number of amides is 1. The molecule has 8 heteroatoms. The average molecular weight is 309 g/mol. The molecule has 2 aromatic rings. The maximum atomic E-state index is 11.7. The van der Waals surface area contributed by atoms with Crippen molar-refractivity contribution in [3.63, 3.8) is 0 Å². The number of non-ortho nitro benzene ring substituents is 1. The van der Waals surface area contributed by atoms with Crippen molar-refractivity contribution in [2.75, 3.05) is 5.75 Å². The number of carbonyl (C=O) groups excluding carboxylic acids is 1. The van der Waals surface area contributed by atoms with Crippen molar-refractivity contribution < 1.29 is 14.1 Å². The van der Waals surface area contributed by atoms with E-state index in [0.29, 0.717) is 16.3 Å². The maximum Gasteiger partial charge on any atom is 0.271 e. The van der Waals surface area contributed by atoms with Crippen LogP contribution in [0.4, 0.5) is 5.69 Å². The van der Waals surface area contributed by atoms with E-state index in [2.05, 4.69) is 10.3 Å². The molecule has 0 spiro atoms. The fraction of sp³-hybridized carbons (Fsp3) is 0.385. The lowest BCUT2D eigenvalue weighted by molar-refractivity contribution is -0.384. The molecule has 112 valence electrons. The summed E-state index contributed by atoms with van der Waals surface area (Å²) in [6.07, 6.45) is 0.864. The van der Waals surface area contributed by atoms with Gasteiger partial charge in [-0.2, -0.15) is 0 Å². The van der Waals surface area contributed by atoms with Gasteiger partial charge in [0.15, 0.2) is 5.58 Å². The van der Waals surface area contributed by atoms with E-state index >= 15 is 0 Å². The van der Waals surface area contributed by atoms with Crippen molar-refractivity contribution in [2.45, 2.75) is 31.5 Å². The van der Waals surface area contributed by atoms with Crippen molar-refractivity contribution in [3.8, 4) is 0 Å². The molecule has 1 aromatic carbocycles. The summed E-state index contributed by atoms with van der Waals surface area (Å²) in [5.41, 5.74) is 0.835. The van der Waals surface area contributed by atoms with Crippen LogP contribution in [0.5, 0.6) is 0 Å². The predicted octanol–water partition coefficient (Wildman–Crippen LogP) is 2.74. The quantitative estimate of drug-likeness (QED) is 0.500. The van der Waals surface area contributed by atoms with E-state index in [1.807, 2.05) is 13.8 Å². The van der Waals surface area contributed by atoms with Gasteiger partial charge in [-0.15, -0.1) is 0 Å². The average Bonchev–Trinajstić information content (AvgIpc) is 2.86. The second-order valence-electron chi connectivity index (χ2n) is 4.55. The van der Waals surface area contributed by atoms with E-state index < -0.39 is 4.92 Å². The number of fused-ring (bicyclic) bond motifs is 1. The van der Waals surface area contributed by atoms with Crippen LogP contribution in [-0.2, 0) is 4.79 Å². The molecule has 0 saturated carbocycles. The highest BCUT2D eigenvalue weighted by Crippen LogP contribution is 2.26. The van der Waals surface area contributed by atoms with E-state index in [9.17, 15) is 14.9 Å². The lowest BCUT2D eigenvalue weighted by Gasteiger charge is -2.09. The summed E-state index contributed by atoms with van der Waals surface area (Å²) in [5.74, 6) is 0.0989. The van der Waals surface area contributed by atoms with Crippen molar-refractivity contribution in [1.82, 2.24) is 10.3 Å². The van der Waals surface area contributed by atoms with Crippen molar-refractivity contribution in [1.29, 1.82) is 0 Å². The highest BCUT2D eigenvalue weighted by molar-refractivity contribution is 7.99. The molecule has 1 aromatic heterocycles. The number of oxazole rings is 1. The van der Waals surface area contributed by atoms with Gasteiger partial charge in [0.05, 0.1) is 10.7 Å². The molecule has 1 unspecified atom stereocenters. The number of rotatable bonds is 6. The number of benzene rings is 1. The molecule has 7 nitrogen and oxygen atoms in total. The smallest absolute Gasteiger partial charge is 0.271 e. The van der Waals surface area contributed by atoms with E-state index in [4.69, 9.17) is 4.42 Å². The second kappa shape index (κ2) is 6.57. The fourth-order valence-corrected chi connectivity index (χ4v) is 2.27. The van der Waals surface area contributed by atoms with Gasteiger partial charge in [0.1, 0.15) is 5.52 Å². The predicted molar refractivity (Wildman–Crippen MR) is 79.3 cm³/mol. The van der Waals surface area contributed by atoms with Gasteiger partial charge >= 0.3 is 0 Å². The Kier molecular flexibility index (Phi) is 4.79. The molecule has 1 atom stereocenters.